The summed E-state index contributed by atoms with van der Waals surface area (Å²) in [6.45, 7) is 2.83. The van der Waals surface area contributed by atoms with Gasteiger partial charge in [0.1, 0.15) is 12.2 Å². The number of hydrogen-bond acceptors (Lipinski definition) is 5. The molecule has 2 rings (SSSR count). The monoisotopic (exact) mass is 265 g/mol. The molecule has 1 unspecified atom stereocenters. The fraction of sp³-hybridized carbons (Fsp3) is 0.364. The Hall–Kier alpha value is -1.76. The van der Waals surface area contributed by atoms with E-state index in [2.05, 4.69) is 22.0 Å². The molecule has 2 N–H and O–H groups in total. The number of aromatic nitrogens is 4. The maximum atomic E-state index is 12.2. The van der Waals surface area contributed by atoms with Crippen LogP contribution < -0.4 is 5.73 Å². The zero-order valence-electron chi connectivity index (χ0n) is 10.1. The quantitative estimate of drug-likeness (QED) is 0.870. The van der Waals surface area contributed by atoms with Crippen LogP contribution in [0.25, 0.3) is 0 Å². The smallest absolute Gasteiger partial charge is 0.139 e. The van der Waals surface area contributed by atoms with E-state index < -0.39 is 10.8 Å². The van der Waals surface area contributed by atoms with Gasteiger partial charge in [-0.25, -0.2) is 9.67 Å². The van der Waals surface area contributed by atoms with Crippen molar-refractivity contribution in [2.45, 2.75) is 30.5 Å². The first-order valence-corrected chi connectivity index (χ1v) is 6.98. The second-order valence-electron chi connectivity index (χ2n) is 3.80. The van der Waals surface area contributed by atoms with Crippen LogP contribution in [0, 0.1) is 0 Å². The van der Waals surface area contributed by atoms with Crippen molar-refractivity contribution in [2.24, 2.45) is 0 Å². The van der Waals surface area contributed by atoms with Crippen molar-refractivity contribution in [3.63, 3.8) is 0 Å². The number of pyridine rings is 1. The van der Waals surface area contributed by atoms with Crippen LogP contribution in [0.2, 0.25) is 0 Å². The van der Waals surface area contributed by atoms with Gasteiger partial charge in [0, 0.05) is 12.7 Å². The highest BCUT2D eigenvalue weighted by Gasteiger charge is 2.12. The number of anilines is 1. The zero-order valence-corrected chi connectivity index (χ0v) is 10.9. The van der Waals surface area contributed by atoms with Crippen LogP contribution in [0.1, 0.15) is 19.2 Å². The van der Waals surface area contributed by atoms with E-state index in [1.54, 1.807) is 16.9 Å². The molecule has 0 amide bonds. The first kappa shape index (κ1) is 12.7. The van der Waals surface area contributed by atoms with Gasteiger partial charge >= 0.3 is 0 Å². The molecule has 7 heteroatoms. The molecule has 2 heterocycles. The number of aryl methyl sites for hydroxylation is 1. The summed E-state index contributed by atoms with van der Waals surface area (Å²) in [4.78, 5) is 8.60. The van der Waals surface area contributed by atoms with Crippen LogP contribution in [-0.2, 0) is 23.1 Å². The molecule has 0 saturated heterocycles. The van der Waals surface area contributed by atoms with Crippen molar-refractivity contribution in [2.75, 3.05) is 5.73 Å². The summed E-state index contributed by atoms with van der Waals surface area (Å²) in [5, 5.41) is 4.10. The molecule has 0 aliphatic carbocycles. The van der Waals surface area contributed by atoms with Crippen molar-refractivity contribution in [3.8, 4) is 0 Å². The van der Waals surface area contributed by atoms with Crippen molar-refractivity contribution in [1.29, 1.82) is 0 Å². The summed E-state index contributed by atoms with van der Waals surface area (Å²) in [5.74, 6) is 1.03. The third-order valence-corrected chi connectivity index (χ3v) is 3.83. The largest absolute Gasteiger partial charge is 0.396 e. The van der Waals surface area contributed by atoms with Crippen LogP contribution in [0.4, 0.5) is 5.69 Å². The van der Waals surface area contributed by atoms with E-state index in [9.17, 15) is 4.21 Å². The summed E-state index contributed by atoms with van der Waals surface area (Å²) in [6, 6.07) is 1.67. The van der Waals surface area contributed by atoms with Gasteiger partial charge in [-0.2, -0.15) is 5.10 Å². The molecule has 1 atom stereocenters. The molecular weight excluding hydrogens is 250 g/mol. The number of nitrogens with zero attached hydrogens (tertiary/aromatic N) is 4. The van der Waals surface area contributed by atoms with Gasteiger partial charge in [-0.1, -0.05) is 6.92 Å². The first-order chi connectivity index (χ1) is 8.72. The Labute approximate surface area is 108 Å². The van der Waals surface area contributed by atoms with Gasteiger partial charge in [0.25, 0.3) is 0 Å². The fourth-order valence-electron chi connectivity index (χ4n) is 1.59. The summed E-state index contributed by atoms with van der Waals surface area (Å²) in [6.07, 6.45) is 5.53. The van der Waals surface area contributed by atoms with Crippen LogP contribution >= 0.6 is 0 Å². The van der Waals surface area contributed by atoms with Gasteiger partial charge in [-0.3, -0.25) is 9.19 Å². The molecule has 0 aromatic carbocycles. The van der Waals surface area contributed by atoms with Gasteiger partial charge in [0.05, 0.1) is 33.3 Å². The topological polar surface area (TPSA) is 86.7 Å². The first-order valence-electron chi connectivity index (χ1n) is 5.67. The van der Waals surface area contributed by atoms with Crippen molar-refractivity contribution >= 4 is 16.5 Å². The second kappa shape index (κ2) is 5.72. The lowest BCUT2D eigenvalue weighted by Gasteiger charge is -2.06. The van der Waals surface area contributed by atoms with Crippen LogP contribution in [0.15, 0.2) is 29.7 Å². The zero-order chi connectivity index (χ0) is 13.0. The lowest BCUT2D eigenvalue weighted by Crippen LogP contribution is -2.09. The van der Waals surface area contributed by atoms with E-state index >= 15 is 0 Å². The Morgan fingerprint density at radius 2 is 2.33 bits per heavy atom. The minimum Gasteiger partial charge on any atom is -0.396 e. The van der Waals surface area contributed by atoms with E-state index in [1.165, 1.54) is 12.5 Å². The Bertz CT molecular complexity index is 554. The molecule has 0 bridgehead atoms. The summed E-state index contributed by atoms with van der Waals surface area (Å²) < 4.78 is 14.0. The fourth-order valence-corrected chi connectivity index (χ4v) is 2.74. The predicted octanol–water partition coefficient (Wildman–Crippen LogP) is 0.973. The average molecular weight is 265 g/mol. The van der Waals surface area contributed by atoms with Crippen molar-refractivity contribution in [3.05, 3.63) is 30.6 Å². The Morgan fingerprint density at radius 3 is 3.06 bits per heavy atom. The molecular formula is C11H15N5OS. The highest BCUT2D eigenvalue weighted by molar-refractivity contribution is 7.84. The Kier molecular flexibility index (Phi) is 4.03. The lowest BCUT2D eigenvalue weighted by molar-refractivity contribution is 0.579. The van der Waals surface area contributed by atoms with Crippen LogP contribution in [-0.4, -0.2) is 24.0 Å². The maximum Gasteiger partial charge on any atom is 0.139 e. The van der Waals surface area contributed by atoms with E-state index in [1.807, 2.05) is 0 Å². The summed E-state index contributed by atoms with van der Waals surface area (Å²) in [5.41, 5.74) is 6.19. The number of nitrogen functional groups attached to an aromatic ring is 1. The van der Waals surface area contributed by atoms with Crippen LogP contribution in [0.3, 0.4) is 0 Å². The Balaban J connectivity index is 2.17. The minimum absolute atomic E-state index is 0.314. The number of nitrogens with two attached hydrogens (primary N) is 1. The molecule has 96 valence electrons. The molecule has 6 nitrogen and oxygen atoms in total. The third-order valence-electron chi connectivity index (χ3n) is 2.45. The highest BCUT2D eigenvalue weighted by atomic mass is 32.2. The molecule has 0 fully saturated rings. The van der Waals surface area contributed by atoms with Gasteiger partial charge in [0.15, 0.2) is 0 Å². The van der Waals surface area contributed by atoms with E-state index in [4.69, 9.17) is 5.73 Å². The third kappa shape index (κ3) is 2.73. The molecule has 0 saturated carbocycles. The standard InChI is InChI=1S/C11H15N5OS/c1-2-5-16-11(14-8-15-16)7-18(17)10-3-4-13-6-9(10)12/h3-4,6,8H,2,5,7,12H2,1H3. The molecule has 0 aliphatic heterocycles. The molecule has 0 aliphatic rings. The van der Waals surface area contributed by atoms with Gasteiger partial charge in [-0.05, 0) is 12.5 Å². The molecule has 0 spiro atoms. The summed E-state index contributed by atoms with van der Waals surface area (Å²) in [7, 11) is -1.23. The number of hydrogen-bond donors (Lipinski definition) is 1. The molecule has 18 heavy (non-hydrogen) atoms. The van der Waals surface area contributed by atoms with Crippen molar-refractivity contribution < 1.29 is 4.21 Å². The highest BCUT2D eigenvalue weighted by Crippen LogP contribution is 2.16. The van der Waals surface area contributed by atoms with Crippen molar-refractivity contribution in [1.82, 2.24) is 19.7 Å². The Morgan fingerprint density at radius 1 is 1.50 bits per heavy atom. The minimum atomic E-state index is -1.23. The van der Waals surface area contributed by atoms with E-state index in [0.29, 0.717) is 22.2 Å². The molecule has 0 radical (unpaired) electrons. The molecule has 2 aromatic heterocycles. The second-order valence-corrected chi connectivity index (χ2v) is 5.22. The van der Waals surface area contributed by atoms with Crippen LogP contribution in [0.5, 0.6) is 0 Å². The van der Waals surface area contributed by atoms with E-state index in [0.717, 1.165) is 13.0 Å². The van der Waals surface area contributed by atoms with Gasteiger partial charge < -0.3 is 5.73 Å². The van der Waals surface area contributed by atoms with Gasteiger partial charge in [0.2, 0.25) is 0 Å². The van der Waals surface area contributed by atoms with E-state index in [-0.39, 0.29) is 0 Å². The molecule has 2 aromatic rings. The lowest BCUT2D eigenvalue weighted by atomic mass is 10.4. The van der Waals surface area contributed by atoms with Gasteiger partial charge in [-0.15, -0.1) is 0 Å². The normalized spacial score (nSPS) is 12.5. The predicted molar refractivity (Wildman–Crippen MR) is 69.1 cm³/mol. The average Bonchev–Trinajstić information content (AvgIpc) is 2.78. The SMILES string of the molecule is CCCn1ncnc1CS(=O)c1ccncc1N. The number of rotatable bonds is 5. The maximum absolute atomic E-state index is 12.2. The summed E-state index contributed by atoms with van der Waals surface area (Å²) >= 11 is 0.